The van der Waals surface area contributed by atoms with Crippen molar-refractivity contribution >= 4 is 27.3 Å². The largest absolute Gasteiger partial charge is 0.382 e. The van der Waals surface area contributed by atoms with E-state index in [2.05, 4.69) is 4.98 Å². The van der Waals surface area contributed by atoms with Gasteiger partial charge in [0.1, 0.15) is 5.82 Å². The van der Waals surface area contributed by atoms with Crippen LogP contribution in [0.4, 0.5) is 5.82 Å². The molecule has 0 unspecified atom stereocenters. The summed E-state index contributed by atoms with van der Waals surface area (Å²) in [5.41, 5.74) is 7.14. The zero-order chi connectivity index (χ0) is 13.3. The Balaban J connectivity index is 2.43. The van der Waals surface area contributed by atoms with Gasteiger partial charge in [0.15, 0.2) is 9.84 Å². The summed E-state index contributed by atoms with van der Waals surface area (Å²) in [7, 11) is -3.18. The van der Waals surface area contributed by atoms with Crippen LogP contribution in [0.2, 0.25) is 5.02 Å². The lowest BCUT2D eigenvalue weighted by molar-refractivity contribution is 0.602. The summed E-state index contributed by atoms with van der Waals surface area (Å²) in [5, 5.41) is 0.375. The van der Waals surface area contributed by atoms with Gasteiger partial charge in [0.25, 0.3) is 0 Å². The van der Waals surface area contributed by atoms with Crippen LogP contribution in [-0.4, -0.2) is 19.7 Å². The minimum atomic E-state index is -3.18. The molecule has 0 spiro atoms. The van der Waals surface area contributed by atoms with Gasteiger partial charge in [0.2, 0.25) is 0 Å². The molecule has 0 saturated heterocycles. The first-order chi connectivity index (χ1) is 8.38. The second-order valence-electron chi connectivity index (χ2n) is 3.89. The van der Waals surface area contributed by atoms with Crippen molar-refractivity contribution in [1.82, 2.24) is 4.98 Å². The zero-order valence-electron chi connectivity index (χ0n) is 9.59. The predicted molar refractivity (Wildman–Crippen MR) is 72.2 cm³/mol. The molecule has 0 amide bonds. The third-order valence-corrected chi connectivity index (χ3v) is 3.92. The third-order valence-electron chi connectivity index (χ3n) is 2.49. The number of pyridine rings is 1. The van der Waals surface area contributed by atoms with E-state index in [1.807, 2.05) is 0 Å². The molecule has 2 rings (SSSR count). The lowest BCUT2D eigenvalue weighted by Crippen LogP contribution is -1.96. The Bertz CT molecular complexity index is 682. The Hall–Kier alpha value is -1.59. The first-order valence-electron chi connectivity index (χ1n) is 5.09. The van der Waals surface area contributed by atoms with E-state index in [4.69, 9.17) is 17.3 Å². The highest BCUT2D eigenvalue weighted by Gasteiger charge is 2.07. The summed E-state index contributed by atoms with van der Waals surface area (Å²) in [6, 6.07) is 8.21. The van der Waals surface area contributed by atoms with Crippen LogP contribution in [-0.2, 0) is 9.84 Å². The smallest absolute Gasteiger partial charge is 0.175 e. The standard InChI is InChI=1S/C12H11ClN2O2S/c1-18(16,17)10-4-2-8(3-5-10)9-6-11(13)12(14)15-7-9/h2-7H,1H3,(H2,14,15). The van der Waals surface area contributed by atoms with Gasteiger partial charge in [-0.25, -0.2) is 13.4 Å². The van der Waals surface area contributed by atoms with Crippen LogP contribution >= 0.6 is 11.6 Å². The molecule has 0 saturated carbocycles. The molecule has 1 heterocycles. The van der Waals surface area contributed by atoms with Gasteiger partial charge in [-0.15, -0.1) is 0 Å². The third kappa shape index (κ3) is 2.63. The van der Waals surface area contributed by atoms with Gasteiger partial charge in [0.05, 0.1) is 9.92 Å². The van der Waals surface area contributed by atoms with Crippen LogP contribution in [0.15, 0.2) is 41.4 Å². The highest BCUT2D eigenvalue weighted by Crippen LogP contribution is 2.25. The predicted octanol–water partition coefficient (Wildman–Crippen LogP) is 2.39. The number of rotatable bonds is 2. The number of hydrogen-bond donors (Lipinski definition) is 1. The number of halogens is 1. The number of nitrogen functional groups attached to an aromatic ring is 1. The molecule has 18 heavy (non-hydrogen) atoms. The zero-order valence-corrected chi connectivity index (χ0v) is 11.2. The first-order valence-corrected chi connectivity index (χ1v) is 7.36. The van der Waals surface area contributed by atoms with Crippen molar-refractivity contribution in [3.8, 4) is 11.1 Å². The Morgan fingerprint density at radius 2 is 1.78 bits per heavy atom. The second-order valence-corrected chi connectivity index (χ2v) is 6.31. The number of anilines is 1. The Labute approximate surface area is 110 Å². The summed E-state index contributed by atoms with van der Waals surface area (Å²) < 4.78 is 22.7. The number of benzene rings is 1. The Morgan fingerprint density at radius 3 is 2.28 bits per heavy atom. The lowest BCUT2D eigenvalue weighted by atomic mass is 10.1. The van der Waals surface area contributed by atoms with E-state index in [-0.39, 0.29) is 10.7 Å². The van der Waals surface area contributed by atoms with E-state index in [0.717, 1.165) is 11.1 Å². The summed E-state index contributed by atoms with van der Waals surface area (Å²) in [6.45, 7) is 0. The fourth-order valence-corrected chi connectivity index (χ4v) is 2.30. The van der Waals surface area contributed by atoms with Crippen LogP contribution in [0.25, 0.3) is 11.1 Å². The van der Waals surface area contributed by atoms with Crippen molar-refractivity contribution in [2.75, 3.05) is 12.0 Å². The van der Waals surface area contributed by atoms with Crippen LogP contribution in [0.5, 0.6) is 0 Å². The molecule has 4 nitrogen and oxygen atoms in total. The van der Waals surface area contributed by atoms with E-state index in [1.54, 1.807) is 36.5 Å². The number of sulfone groups is 1. The molecule has 2 aromatic rings. The number of aromatic nitrogens is 1. The van der Waals surface area contributed by atoms with Crippen molar-refractivity contribution in [3.63, 3.8) is 0 Å². The van der Waals surface area contributed by atoms with E-state index >= 15 is 0 Å². The van der Waals surface area contributed by atoms with Crippen molar-refractivity contribution < 1.29 is 8.42 Å². The van der Waals surface area contributed by atoms with E-state index < -0.39 is 9.84 Å². The molecule has 0 aliphatic rings. The van der Waals surface area contributed by atoms with Crippen molar-refractivity contribution in [2.24, 2.45) is 0 Å². The molecule has 2 N–H and O–H groups in total. The van der Waals surface area contributed by atoms with Crippen LogP contribution in [0.1, 0.15) is 0 Å². The van der Waals surface area contributed by atoms with Crippen molar-refractivity contribution in [2.45, 2.75) is 4.90 Å². The van der Waals surface area contributed by atoms with Crippen LogP contribution in [0.3, 0.4) is 0 Å². The topological polar surface area (TPSA) is 73.0 Å². The lowest BCUT2D eigenvalue weighted by Gasteiger charge is -2.04. The summed E-state index contributed by atoms with van der Waals surface area (Å²) >= 11 is 5.88. The van der Waals surface area contributed by atoms with Crippen LogP contribution in [0, 0.1) is 0 Å². The molecule has 0 radical (unpaired) electrons. The molecular formula is C12H11ClN2O2S. The summed E-state index contributed by atoms with van der Waals surface area (Å²) in [5.74, 6) is 0.271. The molecule has 0 bridgehead atoms. The SMILES string of the molecule is CS(=O)(=O)c1ccc(-c2cnc(N)c(Cl)c2)cc1. The molecular weight excluding hydrogens is 272 g/mol. The van der Waals surface area contributed by atoms with Gasteiger partial charge in [-0.3, -0.25) is 0 Å². The minimum Gasteiger partial charge on any atom is -0.382 e. The number of nitrogens with zero attached hydrogens (tertiary/aromatic N) is 1. The Kier molecular flexibility index (Phi) is 3.28. The van der Waals surface area contributed by atoms with Crippen LogP contribution < -0.4 is 5.73 Å². The summed E-state index contributed by atoms with van der Waals surface area (Å²) in [4.78, 5) is 4.23. The van der Waals surface area contributed by atoms with Crippen molar-refractivity contribution in [1.29, 1.82) is 0 Å². The first kappa shape index (κ1) is 12.9. The second kappa shape index (κ2) is 4.59. The molecule has 0 fully saturated rings. The average Bonchev–Trinajstić information content (AvgIpc) is 2.32. The van der Waals surface area contributed by atoms with Gasteiger partial charge in [0, 0.05) is 18.0 Å². The highest BCUT2D eigenvalue weighted by molar-refractivity contribution is 7.90. The quantitative estimate of drug-likeness (QED) is 0.918. The van der Waals surface area contributed by atoms with Gasteiger partial charge >= 0.3 is 0 Å². The number of nitrogens with two attached hydrogens (primary N) is 1. The van der Waals surface area contributed by atoms with Gasteiger partial charge < -0.3 is 5.73 Å². The minimum absolute atomic E-state index is 0.271. The maximum absolute atomic E-state index is 11.3. The maximum Gasteiger partial charge on any atom is 0.175 e. The molecule has 6 heteroatoms. The average molecular weight is 283 g/mol. The van der Waals surface area contributed by atoms with E-state index in [1.165, 1.54) is 6.26 Å². The number of hydrogen-bond acceptors (Lipinski definition) is 4. The molecule has 94 valence electrons. The summed E-state index contributed by atoms with van der Waals surface area (Å²) in [6.07, 6.45) is 2.76. The Morgan fingerprint density at radius 1 is 1.17 bits per heavy atom. The van der Waals surface area contributed by atoms with Gasteiger partial charge in [-0.2, -0.15) is 0 Å². The van der Waals surface area contributed by atoms with E-state index in [9.17, 15) is 8.42 Å². The highest BCUT2D eigenvalue weighted by atomic mass is 35.5. The van der Waals surface area contributed by atoms with E-state index in [0.29, 0.717) is 5.02 Å². The molecule has 1 aromatic heterocycles. The normalized spacial score (nSPS) is 11.4. The maximum atomic E-state index is 11.3. The molecule has 0 aliphatic heterocycles. The fourth-order valence-electron chi connectivity index (χ4n) is 1.50. The van der Waals surface area contributed by atoms with Gasteiger partial charge in [-0.05, 0) is 23.8 Å². The van der Waals surface area contributed by atoms with Gasteiger partial charge in [-0.1, -0.05) is 23.7 Å². The molecule has 0 aliphatic carbocycles. The van der Waals surface area contributed by atoms with Crippen molar-refractivity contribution in [3.05, 3.63) is 41.6 Å². The molecule has 1 aromatic carbocycles. The fraction of sp³-hybridized carbons (Fsp3) is 0.0833. The molecule has 0 atom stereocenters. The monoisotopic (exact) mass is 282 g/mol.